The van der Waals surface area contributed by atoms with E-state index in [1.807, 2.05) is 6.20 Å². The van der Waals surface area contributed by atoms with Gasteiger partial charge >= 0.3 is 0 Å². The topological polar surface area (TPSA) is 24.9 Å². The molecular weight excluding hydrogens is 263 g/mol. The SMILES string of the molecule is Ic1ccc([C@@H]2CCCN2)nc1. The van der Waals surface area contributed by atoms with Gasteiger partial charge in [0.1, 0.15) is 0 Å². The number of pyridine rings is 1. The molecule has 3 heteroatoms. The van der Waals surface area contributed by atoms with Gasteiger partial charge in [0.25, 0.3) is 0 Å². The molecule has 1 saturated heterocycles. The highest BCUT2D eigenvalue weighted by Gasteiger charge is 2.16. The van der Waals surface area contributed by atoms with Gasteiger partial charge in [-0.3, -0.25) is 4.98 Å². The molecule has 0 aromatic carbocycles. The Kier molecular flexibility index (Phi) is 2.60. The number of rotatable bonds is 1. The number of halogens is 1. The van der Waals surface area contributed by atoms with E-state index in [4.69, 9.17) is 0 Å². The minimum absolute atomic E-state index is 0.502. The molecule has 1 N–H and O–H groups in total. The molecule has 64 valence electrons. The van der Waals surface area contributed by atoms with Crippen molar-refractivity contribution in [1.82, 2.24) is 10.3 Å². The van der Waals surface area contributed by atoms with E-state index < -0.39 is 0 Å². The van der Waals surface area contributed by atoms with Crippen molar-refractivity contribution in [1.29, 1.82) is 0 Å². The van der Waals surface area contributed by atoms with Crippen LogP contribution in [0, 0.1) is 3.57 Å². The molecule has 1 aromatic rings. The molecule has 12 heavy (non-hydrogen) atoms. The quantitative estimate of drug-likeness (QED) is 0.793. The Morgan fingerprint density at radius 2 is 2.42 bits per heavy atom. The smallest absolute Gasteiger partial charge is 0.0573 e. The van der Waals surface area contributed by atoms with E-state index in [2.05, 4.69) is 45.0 Å². The molecule has 1 aromatic heterocycles. The first-order chi connectivity index (χ1) is 5.86. The van der Waals surface area contributed by atoms with Crippen LogP contribution < -0.4 is 5.32 Å². The summed E-state index contributed by atoms with van der Waals surface area (Å²) in [5.74, 6) is 0. The molecule has 0 spiro atoms. The lowest BCUT2D eigenvalue weighted by Crippen LogP contribution is -2.13. The third kappa shape index (κ3) is 1.77. The Labute approximate surface area is 85.9 Å². The lowest BCUT2D eigenvalue weighted by molar-refractivity contribution is 0.627. The number of hydrogen-bond donors (Lipinski definition) is 1. The maximum atomic E-state index is 4.39. The predicted molar refractivity (Wildman–Crippen MR) is 56.9 cm³/mol. The lowest BCUT2D eigenvalue weighted by atomic mass is 10.1. The zero-order valence-electron chi connectivity index (χ0n) is 6.76. The lowest BCUT2D eigenvalue weighted by Gasteiger charge is -2.08. The van der Waals surface area contributed by atoms with Crippen LogP contribution in [0.25, 0.3) is 0 Å². The molecule has 1 aliphatic rings. The number of hydrogen-bond acceptors (Lipinski definition) is 2. The minimum atomic E-state index is 0.502. The van der Waals surface area contributed by atoms with E-state index in [0.717, 1.165) is 6.54 Å². The Morgan fingerprint density at radius 1 is 1.50 bits per heavy atom. The predicted octanol–water partition coefficient (Wildman–Crippen LogP) is 2.11. The van der Waals surface area contributed by atoms with Crippen molar-refractivity contribution in [3.05, 3.63) is 27.6 Å². The molecule has 1 aliphatic heterocycles. The van der Waals surface area contributed by atoms with E-state index in [1.165, 1.54) is 22.1 Å². The van der Waals surface area contributed by atoms with Crippen LogP contribution in [0.5, 0.6) is 0 Å². The fraction of sp³-hybridized carbons (Fsp3) is 0.444. The van der Waals surface area contributed by atoms with Crippen molar-refractivity contribution in [2.45, 2.75) is 18.9 Å². The summed E-state index contributed by atoms with van der Waals surface area (Å²) in [7, 11) is 0. The molecule has 2 rings (SSSR count). The van der Waals surface area contributed by atoms with Gasteiger partial charge in [0, 0.05) is 15.8 Å². The molecule has 1 fully saturated rings. The summed E-state index contributed by atoms with van der Waals surface area (Å²) in [6.07, 6.45) is 4.43. The average Bonchev–Trinajstić information content (AvgIpc) is 2.58. The molecule has 1 atom stereocenters. The fourth-order valence-corrected chi connectivity index (χ4v) is 1.85. The minimum Gasteiger partial charge on any atom is -0.309 e. The Bertz CT molecular complexity index is 252. The Hall–Kier alpha value is -0.160. The molecule has 0 bridgehead atoms. The summed E-state index contributed by atoms with van der Waals surface area (Å²) < 4.78 is 1.20. The van der Waals surface area contributed by atoms with E-state index >= 15 is 0 Å². The van der Waals surface area contributed by atoms with Gasteiger partial charge < -0.3 is 5.32 Å². The second-order valence-electron chi connectivity index (χ2n) is 3.05. The summed E-state index contributed by atoms with van der Waals surface area (Å²) in [4.78, 5) is 4.39. The van der Waals surface area contributed by atoms with Gasteiger partial charge in [-0.15, -0.1) is 0 Å². The molecule has 0 amide bonds. The molecule has 0 radical (unpaired) electrons. The van der Waals surface area contributed by atoms with Crippen LogP contribution in [0.4, 0.5) is 0 Å². The van der Waals surface area contributed by atoms with Crippen molar-refractivity contribution < 1.29 is 0 Å². The second kappa shape index (κ2) is 3.70. The van der Waals surface area contributed by atoms with E-state index in [0.29, 0.717) is 6.04 Å². The normalized spacial score (nSPS) is 22.9. The third-order valence-corrected chi connectivity index (χ3v) is 2.81. The van der Waals surface area contributed by atoms with Crippen LogP contribution in [0.15, 0.2) is 18.3 Å². The molecule has 0 aliphatic carbocycles. The fourth-order valence-electron chi connectivity index (χ4n) is 1.53. The summed E-state index contributed by atoms with van der Waals surface area (Å²) >= 11 is 2.28. The zero-order chi connectivity index (χ0) is 8.39. The first kappa shape index (κ1) is 8.44. The van der Waals surface area contributed by atoms with Crippen LogP contribution in [-0.4, -0.2) is 11.5 Å². The number of nitrogens with zero attached hydrogens (tertiary/aromatic N) is 1. The van der Waals surface area contributed by atoms with Crippen LogP contribution in [-0.2, 0) is 0 Å². The highest BCUT2D eigenvalue weighted by Crippen LogP contribution is 2.21. The van der Waals surface area contributed by atoms with Crippen LogP contribution >= 0.6 is 22.6 Å². The van der Waals surface area contributed by atoms with Crippen molar-refractivity contribution in [2.24, 2.45) is 0 Å². The van der Waals surface area contributed by atoms with Crippen molar-refractivity contribution in [3.63, 3.8) is 0 Å². The van der Waals surface area contributed by atoms with Gasteiger partial charge in [0.15, 0.2) is 0 Å². The van der Waals surface area contributed by atoms with Gasteiger partial charge in [0.2, 0.25) is 0 Å². The van der Waals surface area contributed by atoms with Crippen LogP contribution in [0.2, 0.25) is 0 Å². The molecule has 0 saturated carbocycles. The highest BCUT2D eigenvalue weighted by atomic mass is 127. The number of nitrogens with one attached hydrogen (secondary N) is 1. The Morgan fingerprint density at radius 3 is 3.00 bits per heavy atom. The van der Waals surface area contributed by atoms with Crippen molar-refractivity contribution in [3.8, 4) is 0 Å². The maximum absolute atomic E-state index is 4.39. The van der Waals surface area contributed by atoms with E-state index in [1.54, 1.807) is 0 Å². The second-order valence-corrected chi connectivity index (χ2v) is 4.30. The average molecular weight is 274 g/mol. The zero-order valence-corrected chi connectivity index (χ0v) is 8.91. The summed E-state index contributed by atoms with van der Waals surface area (Å²) in [6.45, 7) is 1.14. The first-order valence-electron chi connectivity index (χ1n) is 4.21. The summed E-state index contributed by atoms with van der Waals surface area (Å²) in [5, 5.41) is 3.43. The van der Waals surface area contributed by atoms with E-state index in [9.17, 15) is 0 Å². The molecule has 2 heterocycles. The van der Waals surface area contributed by atoms with Crippen LogP contribution in [0.3, 0.4) is 0 Å². The van der Waals surface area contributed by atoms with Gasteiger partial charge in [-0.25, -0.2) is 0 Å². The maximum Gasteiger partial charge on any atom is 0.0573 e. The van der Waals surface area contributed by atoms with Crippen LogP contribution in [0.1, 0.15) is 24.6 Å². The van der Waals surface area contributed by atoms with Gasteiger partial charge in [0.05, 0.1) is 5.69 Å². The summed E-state index contributed by atoms with van der Waals surface area (Å²) in [6, 6.07) is 4.73. The van der Waals surface area contributed by atoms with Crippen molar-refractivity contribution >= 4 is 22.6 Å². The molecule has 0 unspecified atom stereocenters. The standard InChI is InChI=1S/C9H11IN2/c10-7-3-4-9(12-6-7)8-2-1-5-11-8/h3-4,6,8,11H,1-2,5H2/t8-/m0/s1. The van der Waals surface area contributed by atoms with E-state index in [-0.39, 0.29) is 0 Å². The van der Waals surface area contributed by atoms with Gasteiger partial charge in [-0.2, -0.15) is 0 Å². The third-order valence-electron chi connectivity index (χ3n) is 2.17. The van der Waals surface area contributed by atoms with Gasteiger partial charge in [-0.1, -0.05) is 0 Å². The summed E-state index contributed by atoms with van der Waals surface area (Å²) in [5.41, 5.74) is 1.19. The van der Waals surface area contributed by atoms with Gasteiger partial charge in [-0.05, 0) is 54.1 Å². The Balaban J connectivity index is 2.17. The highest BCUT2D eigenvalue weighted by molar-refractivity contribution is 14.1. The molecular formula is C9H11IN2. The largest absolute Gasteiger partial charge is 0.309 e. The van der Waals surface area contributed by atoms with Crippen molar-refractivity contribution in [2.75, 3.05) is 6.54 Å². The number of aromatic nitrogens is 1. The first-order valence-corrected chi connectivity index (χ1v) is 5.29. The monoisotopic (exact) mass is 274 g/mol. The molecule has 2 nitrogen and oxygen atoms in total.